The minimum Gasteiger partial charge on any atom is -0.485 e. The molecule has 186 valence electrons. The Morgan fingerprint density at radius 3 is 2.60 bits per heavy atom. The fourth-order valence-electron chi connectivity index (χ4n) is 4.01. The minimum atomic E-state index is -0.243. The maximum atomic E-state index is 14.0. The third-order valence-corrected chi connectivity index (χ3v) is 6.96. The first-order chi connectivity index (χ1) is 16.8. The molecular weight excluding hydrogens is 467 g/mol. The van der Waals surface area contributed by atoms with Gasteiger partial charge in [0, 0.05) is 26.2 Å². The summed E-state index contributed by atoms with van der Waals surface area (Å²) in [6.07, 6.45) is 0. The molecule has 0 spiro atoms. The molecule has 1 fully saturated rings. The second kappa shape index (κ2) is 11.0. The van der Waals surface area contributed by atoms with Crippen molar-refractivity contribution in [1.29, 1.82) is 0 Å². The van der Waals surface area contributed by atoms with Crippen LogP contribution in [0.2, 0.25) is 0 Å². The Hall–Kier alpha value is -3.27. The van der Waals surface area contributed by atoms with Gasteiger partial charge in [0.15, 0.2) is 5.82 Å². The van der Waals surface area contributed by atoms with Gasteiger partial charge in [-0.2, -0.15) is 0 Å². The molecule has 8 nitrogen and oxygen atoms in total. The van der Waals surface area contributed by atoms with Crippen LogP contribution in [0.15, 0.2) is 47.6 Å². The second-order valence-corrected chi connectivity index (χ2v) is 9.80. The molecule has 0 saturated carbocycles. The molecule has 1 aliphatic rings. The lowest BCUT2D eigenvalue weighted by atomic mass is 10.0. The summed E-state index contributed by atoms with van der Waals surface area (Å²) in [6.45, 7) is 8.69. The summed E-state index contributed by atoms with van der Waals surface area (Å²) in [5.41, 5.74) is 2.81. The molecule has 35 heavy (non-hydrogen) atoms. The van der Waals surface area contributed by atoms with Crippen molar-refractivity contribution < 1.29 is 13.9 Å². The zero-order chi connectivity index (χ0) is 24.9. The van der Waals surface area contributed by atoms with Crippen LogP contribution in [-0.4, -0.2) is 57.6 Å². The Kier molecular flexibility index (Phi) is 7.80. The van der Waals surface area contributed by atoms with E-state index >= 15 is 0 Å². The van der Waals surface area contributed by atoms with Crippen LogP contribution in [-0.2, 0) is 11.4 Å². The van der Waals surface area contributed by atoms with Crippen molar-refractivity contribution in [2.24, 2.45) is 0 Å². The van der Waals surface area contributed by atoms with Gasteiger partial charge < -0.3 is 20.4 Å². The van der Waals surface area contributed by atoms with E-state index in [-0.39, 0.29) is 24.1 Å². The van der Waals surface area contributed by atoms with Crippen LogP contribution >= 0.6 is 11.8 Å². The number of nitrogens with zero attached hydrogens (tertiary/aromatic N) is 5. The van der Waals surface area contributed by atoms with Crippen molar-refractivity contribution in [2.45, 2.75) is 38.5 Å². The van der Waals surface area contributed by atoms with Crippen LogP contribution in [0.3, 0.4) is 0 Å². The number of rotatable bonds is 8. The van der Waals surface area contributed by atoms with Gasteiger partial charge in [0.2, 0.25) is 11.1 Å². The van der Waals surface area contributed by atoms with Gasteiger partial charge in [-0.3, -0.25) is 4.79 Å². The summed E-state index contributed by atoms with van der Waals surface area (Å²) in [5.74, 6) is 7.74. The normalized spacial score (nSPS) is 14.0. The molecule has 2 heterocycles. The molecule has 0 unspecified atom stereocenters. The fraction of sp³-hybridized carbons (Fsp3) is 0.400. The molecule has 1 amide bonds. The number of halogens is 1. The van der Waals surface area contributed by atoms with E-state index < -0.39 is 0 Å². The van der Waals surface area contributed by atoms with Crippen LogP contribution in [0.1, 0.15) is 36.7 Å². The molecule has 4 rings (SSSR count). The van der Waals surface area contributed by atoms with E-state index in [9.17, 15) is 9.18 Å². The van der Waals surface area contributed by atoms with Crippen molar-refractivity contribution in [2.75, 3.05) is 42.7 Å². The number of aromatic nitrogens is 3. The summed E-state index contributed by atoms with van der Waals surface area (Å²) >= 11 is 1.25. The molecule has 3 aromatic rings. The number of hydrogen-bond donors (Lipinski definition) is 1. The molecule has 1 aromatic heterocycles. The number of carbonyl (C=O) groups is 1. The topological polar surface area (TPSA) is 89.5 Å². The molecule has 0 aliphatic carbocycles. The van der Waals surface area contributed by atoms with Crippen molar-refractivity contribution >= 4 is 23.4 Å². The van der Waals surface area contributed by atoms with Crippen LogP contribution in [0.5, 0.6) is 5.75 Å². The zero-order valence-electron chi connectivity index (χ0n) is 20.3. The van der Waals surface area contributed by atoms with E-state index in [1.54, 1.807) is 17.0 Å². The van der Waals surface area contributed by atoms with Crippen molar-refractivity contribution in [3.8, 4) is 5.75 Å². The average molecular weight is 499 g/mol. The molecule has 0 radical (unpaired) electrons. The Morgan fingerprint density at radius 1 is 1.14 bits per heavy atom. The Balaban J connectivity index is 1.29. The number of ether oxygens (including phenoxy) is 1. The first-order valence-electron chi connectivity index (χ1n) is 11.7. The number of thioether (sulfide) groups is 1. The number of piperazine rings is 1. The number of hydrogen-bond acceptors (Lipinski definition) is 7. The number of amides is 1. The van der Waals surface area contributed by atoms with Gasteiger partial charge in [-0.25, -0.2) is 9.07 Å². The third-order valence-electron chi connectivity index (χ3n) is 6.03. The van der Waals surface area contributed by atoms with E-state index in [0.717, 1.165) is 16.9 Å². The summed E-state index contributed by atoms with van der Waals surface area (Å²) in [6, 6.07) is 12.9. The number of nitrogens with two attached hydrogens (primary N) is 1. The fourth-order valence-corrected chi connectivity index (χ4v) is 4.79. The Morgan fingerprint density at radius 2 is 1.89 bits per heavy atom. The van der Waals surface area contributed by atoms with Crippen molar-refractivity contribution in [1.82, 2.24) is 19.8 Å². The average Bonchev–Trinajstić information content (AvgIpc) is 3.20. The highest BCUT2D eigenvalue weighted by Crippen LogP contribution is 2.28. The summed E-state index contributed by atoms with van der Waals surface area (Å²) in [4.78, 5) is 16.5. The highest BCUT2D eigenvalue weighted by Gasteiger charge is 2.23. The summed E-state index contributed by atoms with van der Waals surface area (Å²) in [7, 11) is 0. The Bertz CT molecular complexity index is 1180. The minimum absolute atomic E-state index is 0.00896. The van der Waals surface area contributed by atoms with Gasteiger partial charge in [-0.15, -0.1) is 10.2 Å². The monoisotopic (exact) mass is 498 g/mol. The number of carbonyl (C=O) groups excluding carboxylic acids is 1. The highest BCUT2D eigenvalue weighted by atomic mass is 32.2. The molecule has 1 aliphatic heterocycles. The summed E-state index contributed by atoms with van der Waals surface area (Å²) < 4.78 is 21.4. The molecule has 0 atom stereocenters. The van der Waals surface area contributed by atoms with Crippen LogP contribution in [0.4, 0.5) is 10.1 Å². The molecule has 1 saturated heterocycles. The SMILES string of the molecule is Cc1ccc(C(C)C)c(OCc2nnc(SCC(=O)N3CCN(c4ccccc4F)CC3)n2N)c1. The van der Waals surface area contributed by atoms with Gasteiger partial charge in [0.05, 0.1) is 11.4 Å². The van der Waals surface area contributed by atoms with E-state index in [0.29, 0.717) is 48.8 Å². The molecule has 2 aromatic carbocycles. The van der Waals surface area contributed by atoms with E-state index in [2.05, 4.69) is 36.2 Å². The van der Waals surface area contributed by atoms with E-state index in [1.165, 1.54) is 22.5 Å². The predicted octanol–water partition coefficient (Wildman–Crippen LogP) is 3.58. The van der Waals surface area contributed by atoms with Crippen LogP contribution in [0, 0.1) is 12.7 Å². The van der Waals surface area contributed by atoms with E-state index in [1.807, 2.05) is 24.0 Å². The maximum absolute atomic E-state index is 14.0. The predicted molar refractivity (Wildman–Crippen MR) is 136 cm³/mol. The lowest BCUT2D eigenvalue weighted by Gasteiger charge is -2.36. The first kappa shape index (κ1) is 24.8. The molecule has 0 bridgehead atoms. The van der Waals surface area contributed by atoms with Crippen molar-refractivity contribution in [3.05, 3.63) is 65.2 Å². The van der Waals surface area contributed by atoms with Gasteiger partial charge in [-0.05, 0) is 42.2 Å². The number of para-hydroxylation sites is 1. The van der Waals surface area contributed by atoms with Gasteiger partial charge in [0.25, 0.3) is 0 Å². The number of benzene rings is 2. The molecule has 10 heteroatoms. The van der Waals surface area contributed by atoms with E-state index in [4.69, 9.17) is 10.6 Å². The van der Waals surface area contributed by atoms with Crippen LogP contribution < -0.4 is 15.5 Å². The van der Waals surface area contributed by atoms with Gasteiger partial charge in [-0.1, -0.05) is 49.9 Å². The Labute approximate surface area is 209 Å². The largest absolute Gasteiger partial charge is 0.485 e. The zero-order valence-corrected chi connectivity index (χ0v) is 21.1. The first-order valence-corrected chi connectivity index (χ1v) is 12.6. The number of nitrogen functional groups attached to an aromatic ring is 1. The molecule has 2 N–H and O–H groups in total. The lowest BCUT2D eigenvalue weighted by molar-refractivity contribution is -0.128. The van der Waals surface area contributed by atoms with Crippen LogP contribution in [0.25, 0.3) is 0 Å². The van der Waals surface area contributed by atoms with Crippen molar-refractivity contribution in [3.63, 3.8) is 0 Å². The second-order valence-electron chi connectivity index (χ2n) is 8.86. The number of aryl methyl sites for hydroxylation is 1. The summed E-state index contributed by atoms with van der Waals surface area (Å²) in [5, 5.41) is 8.73. The smallest absolute Gasteiger partial charge is 0.233 e. The van der Waals surface area contributed by atoms with Gasteiger partial charge in [0.1, 0.15) is 18.2 Å². The molecular formula is C25H31FN6O2S. The standard InChI is InChI=1S/C25H31FN6O2S/c1-17(2)19-9-8-18(3)14-22(19)34-15-23-28-29-25(32(23)27)35-16-24(33)31-12-10-30(11-13-31)21-7-5-4-6-20(21)26/h4-9,14,17H,10-13,15-16,27H2,1-3H3. The quantitative estimate of drug-likeness (QED) is 0.375. The highest BCUT2D eigenvalue weighted by molar-refractivity contribution is 7.99. The maximum Gasteiger partial charge on any atom is 0.233 e. The van der Waals surface area contributed by atoms with Gasteiger partial charge >= 0.3 is 0 Å². The number of anilines is 1. The third kappa shape index (κ3) is 5.87. The lowest BCUT2D eigenvalue weighted by Crippen LogP contribution is -2.49.